The van der Waals surface area contributed by atoms with Crippen LogP contribution < -0.4 is 5.73 Å². The van der Waals surface area contributed by atoms with Gasteiger partial charge in [-0.25, -0.2) is 0 Å². The van der Waals surface area contributed by atoms with Gasteiger partial charge >= 0.3 is 5.97 Å². The molecule has 0 fully saturated rings. The van der Waals surface area contributed by atoms with Gasteiger partial charge in [0.25, 0.3) is 0 Å². The standard InChI is InChI=1S/C13H17NO4/c1-17-7-2-8-18-12(15)9-10-3-5-11(6-4-10)13(14)16/h3-6H,2,7-9H2,1H3,(H2,14,16). The summed E-state index contributed by atoms with van der Waals surface area (Å²) in [5.74, 6) is -0.776. The lowest BCUT2D eigenvalue weighted by atomic mass is 10.1. The smallest absolute Gasteiger partial charge is 0.310 e. The summed E-state index contributed by atoms with van der Waals surface area (Å²) in [5.41, 5.74) is 6.33. The Morgan fingerprint density at radius 2 is 1.83 bits per heavy atom. The number of primary amides is 1. The van der Waals surface area contributed by atoms with Crippen molar-refractivity contribution >= 4 is 11.9 Å². The number of rotatable bonds is 7. The van der Waals surface area contributed by atoms with Crippen molar-refractivity contribution in [2.24, 2.45) is 5.73 Å². The van der Waals surface area contributed by atoms with Crippen LogP contribution in [0.4, 0.5) is 0 Å². The van der Waals surface area contributed by atoms with E-state index in [9.17, 15) is 9.59 Å². The van der Waals surface area contributed by atoms with E-state index in [-0.39, 0.29) is 12.4 Å². The molecule has 0 aromatic heterocycles. The van der Waals surface area contributed by atoms with Crippen molar-refractivity contribution in [3.63, 3.8) is 0 Å². The number of hydrogen-bond acceptors (Lipinski definition) is 4. The fourth-order valence-corrected chi connectivity index (χ4v) is 1.39. The van der Waals surface area contributed by atoms with E-state index in [1.165, 1.54) is 0 Å². The lowest BCUT2D eigenvalue weighted by Gasteiger charge is -2.05. The van der Waals surface area contributed by atoms with Crippen LogP contribution in [0.25, 0.3) is 0 Å². The molecule has 1 aromatic rings. The number of hydrogen-bond donors (Lipinski definition) is 1. The number of methoxy groups -OCH3 is 1. The second-order valence-corrected chi connectivity index (χ2v) is 3.80. The lowest BCUT2D eigenvalue weighted by Crippen LogP contribution is -2.12. The Hall–Kier alpha value is -1.88. The van der Waals surface area contributed by atoms with Gasteiger partial charge in [-0.15, -0.1) is 0 Å². The van der Waals surface area contributed by atoms with Crippen LogP contribution in [0.5, 0.6) is 0 Å². The maximum atomic E-state index is 11.4. The summed E-state index contributed by atoms with van der Waals surface area (Å²) < 4.78 is 9.86. The first-order valence-electron chi connectivity index (χ1n) is 5.67. The number of carbonyl (C=O) groups excluding carboxylic acids is 2. The van der Waals surface area contributed by atoms with Crippen LogP contribution >= 0.6 is 0 Å². The van der Waals surface area contributed by atoms with Gasteiger partial charge in [0.2, 0.25) is 5.91 Å². The van der Waals surface area contributed by atoms with E-state index in [1.807, 2.05) is 0 Å². The van der Waals surface area contributed by atoms with Gasteiger partial charge in [-0.3, -0.25) is 9.59 Å². The quantitative estimate of drug-likeness (QED) is 0.577. The Kier molecular flexibility index (Phi) is 5.87. The van der Waals surface area contributed by atoms with E-state index in [0.29, 0.717) is 25.2 Å². The molecule has 18 heavy (non-hydrogen) atoms. The Morgan fingerprint density at radius 1 is 1.17 bits per heavy atom. The summed E-state index contributed by atoms with van der Waals surface area (Å²) in [6.45, 7) is 0.923. The molecule has 0 saturated heterocycles. The molecule has 0 saturated carbocycles. The Morgan fingerprint density at radius 3 is 2.39 bits per heavy atom. The first-order chi connectivity index (χ1) is 8.63. The minimum Gasteiger partial charge on any atom is -0.465 e. The predicted octanol–water partition coefficient (Wildman–Crippen LogP) is 0.908. The first-order valence-corrected chi connectivity index (χ1v) is 5.67. The average molecular weight is 251 g/mol. The van der Waals surface area contributed by atoms with E-state index < -0.39 is 5.91 Å². The maximum Gasteiger partial charge on any atom is 0.310 e. The monoisotopic (exact) mass is 251 g/mol. The highest BCUT2D eigenvalue weighted by molar-refractivity contribution is 5.92. The van der Waals surface area contributed by atoms with Crippen molar-refractivity contribution in [2.75, 3.05) is 20.3 Å². The first kappa shape index (κ1) is 14.2. The van der Waals surface area contributed by atoms with E-state index in [1.54, 1.807) is 31.4 Å². The minimum absolute atomic E-state index is 0.187. The summed E-state index contributed by atoms with van der Waals surface area (Å²) in [7, 11) is 1.60. The second kappa shape index (κ2) is 7.45. The molecule has 0 radical (unpaired) electrons. The van der Waals surface area contributed by atoms with Gasteiger partial charge in [-0.1, -0.05) is 12.1 Å². The van der Waals surface area contributed by atoms with Gasteiger partial charge in [0.15, 0.2) is 0 Å². The summed E-state index contributed by atoms with van der Waals surface area (Å²) in [6, 6.07) is 6.57. The maximum absolute atomic E-state index is 11.4. The summed E-state index contributed by atoms with van der Waals surface area (Å²) in [5, 5.41) is 0. The molecule has 98 valence electrons. The van der Waals surface area contributed by atoms with Gasteiger partial charge in [0, 0.05) is 25.7 Å². The molecule has 1 rings (SSSR count). The highest BCUT2D eigenvalue weighted by atomic mass is 16.5. The molecule has 2 N–H and O–H groups in total. The normalized spacial score (nSPS) is 10.1. The molecule has 0 heterocycles. The SMILES string of the molecule is COCCCOC(=O)Cc1ccc(C(N)=O)cc1. The number of benzene rings is 1. The number of carbonyl (C=O) groups is 2. The molecule has 0 aliphatic carbocycles. The molecular formula is C13H17NO4. The number of ether oxygens (including phenoxy) is 2. The minimum atomic E-state index is -0.483. The summed E-state index contributed by atoms with van der Waals surface area (Å²) in [6.07, 6.45) is 0.870. The van der Waals surface area contributed by atoms with Gasteiger partial charge in [-0.2, -0.15) is 0 Å². The lowest BCUT2D eigenvalue weighted by molar-refractivity contribution is -0.143. The zero-order valence-electron chi connectivity index (χ0n) is 10.3. The third-order valence-electron chi connectivity index (χ3n) is 2.34. The fraction of sp³-hybridized carbons (Fsp3) is 0.385. The number of esters is 1. The van der Waals surface area contributed by atoms with E-state index in [4.69, 9.17) is 15.2 Å². The van der Waals surface area contributed by atoms with Gasteiger partial charge in [-0.05, 0) is 17.7 Å². The van der Waals surface area contributed by atoms with Crippen molar-refractivity contribution < 1.29 is 19.1 Å². The van der Waals surface area contributed by atoms with Gasteiger partial charge in [0.1, 0.15) is 0 Å². The molecule has 1 amide bonds. The zero-order chi connectivity index (χ0) is 13.4. The second-order valence-electron chi connectivity index (χ2n) is 3.80. The van der Waals surface area contributed by atoms with Crippen molar-refractivity contribution in [3.8, 4) is 0 Å². The van der Waals surface area contributed by atoms with Crippen molar-refractivity contribution in [2.45, 2.75) is 12.8 Å². The molecule has 0 atom stereocenters. The van der Waals surface area contributed by atoms with Crippen LogP contribution in [0, 0.1) is 0 Å². The molecule has 1 aromatic carbocycles. The van der Waals surface area contributed by atoms with Crippen molar-refractivity contribution in [3.05, 3.63) is 35.4 Å². The highest BCUT2D eigenvalue weighted by Gasteiger charge is 2.06. The van der Waals surface area contributed by atoms with Crippen molar-refractivity contribution in [1.29, 1.82) is 0 Å². The third kappa shape index (κ3) is 4.97. The predicted molar refractivity (Wildman–Crippen MR) is 66.1 cm³/mol. The van der Waals surface area contributed by atoms with Gasteiger partial charge in [0.05, 0.1) is 13.0 Å². The van der Waals surface area contributed by atoms with Crippen molar-refractivity contribution in [1.82, 2.24) is 0 Å². The summed E-state index contributed by atoms with van der Waals surface area (Å²) in [4.78, 5) is 22.3. The van der Waals surface area contributed by atoms with E-state index in [2.05, 4.69) is 0 Å². The Bertz CT molecular complexity index is 400. The van der Waals surface area contributed by atoms with Crippen LogP contribution in [0.1, 0.15) is 22.3 Å². The molecule has 0 aliphatic rings. The summed E-state index contributed by atoms with van der Waals surface area (Å²) >= 11 is 0. The van der Waals surface area contributed by atoms with Crippen LogP contribution in [0.2, 0.25) is 0 Å². The molecule has 0 aliphatic heterocycles. The fourth-order valence-electron chi connectivity index (χ4n) is 1.39. The highest BCUT2D eigenvalue weighted by Crippen LogP contribution is 2.05. The Balaban J connectivity index is 2.37. The largest absolute Gasteiger partial charge is 0.465 e. The van der Waals surface area contributed by atoms with Gasteiger partial charge < -0.3 is 15.2 Å². The van der Waals surface area contributed by atoms with Crippen LogP contribution in [-0.2, 0) is 20.7 Å². The van der Waals surface area contributed by atoms with Crippen LogP contribution in [-0.4, -0.2) is 32.2 Å². The van der Waals surface area contributed by atoms with E-state index in [0.717, 1.165) is 5.56 Å². The van der Waals surface area contributed by atoms with Crippen LogP contribution in [0.3, 0.4) is 0 Å². The Labute approximate surface area is 106 Å². The molecule has 0 unspecified atom stereocenters. The molecular weight excluding hydrogens is 234 g/mol. The molecule has 0 spiro atoms. The van der Waals surface area contributed by atoms with Crippen LogP contribution in [0.15, 0.2) is 24.3 Å². The number of amides is 1. The third-order valence-corrected chi connectivity index (χ3v) is 2.34. The molecule has 0 bridgehead atoms. The van der Waals surface area contributed by atoms with E-state index >= 15 is 0 Å². The average Bonchev–Trinajstić information content (AvgIpc) is 2.35. The topological polar surface area (TPSA) is 78.6 Å². The molecule has 5 nitrogen and oxygen atoms in total. The molecule has 5 heteroatoms. The zero-order valence-corrected chi connectivity index (χ0v) is 10.3. The number of nitrogens with two attached hydrogens (primary N) is 1.